The topological polar surface area (TPSA) is 43.4 Å². The molecule has 0 unspecified atom stereocenters. The van der Waals surface area contributed by atoms with Crippen molar-refractivity contribution in [3.8, 4) is 5.75 Å². The van der Waals surface area contributed by atoms with Gasteiger partial charge in [0.15, 0.2) is 5.78 Å². The number of rotatable bonds is 3. The fraction of sp³-hybridized carbons (Fsp3) is 0.579. The lowest BCUT2D eigenvalue weighted by Gasteiger charge is -2.55. The van der Waals surface area contributed by atoms with Gasteiger partial charge in [-0.25, -0.2) is 0 Å². The van der Waals surface area contributed by atoms with Crippen molar-refractivity contribution in [1.29, 1.82) is 0 Å². The van der Waals surface area contributed by atoms with Gasteiger partial charge in [0.05, 0.1) is 5.41 Å². The first-order chi connectivity index (χ1) is 10.5. The van der Waals surface area contributed by atoms with Gasteiger partial charge in [-0.1, -0.05) is 0 Å². The van der Waals surface area contributed by atoms with Crippen LogP contribution < -0.4 is 4.74 Å². The molecule has 1 aromatic carbocycles. The van der Waals surface area contributed by atoms with E-state index in [9.17, 15) is 9.59 Å². The molecule has 22 heavy (non-hydrogen) atoms. The number of esters is 1. The Bertz CT molecular complexity index is 579. The minimum atomic E-state index is -0.228. The van der Waals surface area contributed by atoms with Gasteiger partial charge in [0.2, 0.25) is 0 Å². The lowest BCUT2D eigenvalue weighted by molar-refractivity contribution is -0.161. The number of carbonyl (C=O) groups is 2. The maximum Gasteiger partial charge on any atom is 0.317 e. The van der Waals surface area contributed by atoms with E-state index in [0.29, 0.717) is 11.3 Å². The van der Waals surface area contributed by atoms with Gasteiger partial charge in [0.25, 0.3) is 0 Å². The first-order valence-corrected chi connectivity index (χ1v) is 8.37. The first kappa shape index (κ1) is 14.0. The molecule has 4 aliphatic rings. The monoisotopic (exact) mass is 298 g/mol. The predicted octanol–water partition coefficient (Wildman–Crippen LogP) is 4.01. The molecule has 116 valence electrons. The van der Waals surface area contributed by atoms with Crippen LogP contribution >= 0.6 is 0 Å². The second kappa shape index (κ2) is 4.94. The molecule has 4 bridgehead atoms. The Morgan fingerprint density at radius 2 is 1.45 bits per heavy atom. The highest BCUT2D eigenvalue weighted by Gasteiger charge is 2.55. The molecule has 0 N–H and O–H groups in total. The molecule has 4 saturated carbocycles. The fourth-order valence-electron chi connectivity index (χ4n) is 5.33. The maximum atomic E-state index is 12.8. The van der Waals surface area contributed by atoms with Crippen LogP contribution in [0.25, 0.3) is 0 Å². The van der Waals surface area contributed by atoms with E-state index in [1.165, 1.54) is 26.2 Å². The van der Waals surface area contributed by atoms with E-state index < -0.39 is 0 Å². The summed E-state index contributed by atoms with van der Waals surface area (Å²) >= 11 is 0. The second-order valence-electron chi connectivity index (χ2n) is 7.67. The molecule has 0 amide bonds. The van der Waals surface area contributed by atoms with Gasteiger partial charge < -0.3 is 4.74 Å². The molecule has 4 fully saturated rings. The van der Waals surface area contributed by atoms with Gasteiger partial charge in [-0.05, 0) is 87.5 Å². The first-order valence-electron chi connectivity index (χ1n) is 8.37. The van der Waals surface area contributed by atoms with Crippen LogP contribution in [0.3, 0.4) is 0 Å². The lowest BCUT2D eigenvalue weighted by atomic mass is 9.49. The Morgan fingerprint density at radius 3 is 1.91 bits per heavy atom. The van der Waals surface area contributed by atoms with E-state index in [1.807, 2.05) is 0 Å². The molecular formula is C19H22O3. The molecule has 3 heteroatoms. The zero-order valence-corrected chi connectivity index (χ0v) is 13.0. The average Bonchev–Trinajstić information content (AvgIpc) is 2.46. The summed E-state index contributed by atoms with van der Waals surface area (Å²) in [6, 6.07) is 6.92. The van der Waals surface area contributed by atoms with E-state index in [-0.39, 0.29) is 17.2 Å². The largest absolute Gasteiger partial charge is 0.426 e. The van der Waals surface area contributed by atoms with Gasteiger partial charge in [-0.2, -0.15) is 0 Å². The minimum absolute atomic E-state index is 0.0268. The molecule has 5 rings (SSSR count). The summed E-state index contributed by atoms with van der Waals surface area (Å²) in [5.41, 5.74) is 0.420. The van der Waals surface area contributed by atoms with Crippen LogP contribution in [0.15, 0.2) is 24.3 Å². The van der Waals surface area contributed by atoms with Gasteiger partial charge in [-0.3, -0.25) is 9.59 Å². The number of benzene rings is 1. The van der Waals surface area contributed by atoms with Gasteiger partial charge >= 0.3 is 5.97 Å². The van der Waals surface area contributed by atoms with E-state index in [2.05, 4.69) is 0 Å². The molecule has 0 heterocycles. The summed E-state index contributed by atoms with van der Waals surface area (Å²) in [4.78, 5) is 24.1. The average molecular weight is 298 g/mol. The molecule has 0 spiro atoms. The van der Waals surface area contributed by atoms with E-state index >= 15 is 0 Å². The Kier molecular flexibility index (Phi) is 3.14. The van der Waals surface area contributed by atoms with Crippen LogP contribution in [0, 0.1) is 23.2 Å². The Morgan fingerprint density at radius 1 is 0.955 bits per heavy atom. The third kappa shape index (κ3) is 2.27. The van der Waals surface area contributed by atoms with Crippen LogP contribution in [0.2, 0.25) is 0 Å². The summed E-state index contributed by atoms with van der Waals surface area (Å²) in [5.74, 6) is 2.75. The normalized spacial score (nSPS) is 35.4. The third-order valence-corrected chi connectivity index (χ3v) is 5.94. The molecular weight excluding hydrogens is 276 g/mol. The van der Waals surface area contributed by atoms with Crippen LogP contribution in [0.1, 0.15) is 55.8 Å². The quantitative estimate of drug-likeness (QED) is 0.481. The Hall–Kier alpha value is -1.64. The predicted molar refractivity (Wildman–Crippen MR) is 82.7 cm³/mol. The SMILES string of the molecule is CC(=O)c1ccc(OC(=O)C23CC4CC(CC(C4)C2)C3)cc1. The second-order valence-corrected chi connectivity index (χ2v) is 7.67. The van der Waals surface area contributed by atoms with Crippen LogP contribution in [-0.4, -0.2) is 11.8 Å². The van der Waals surface area contributed by atoms with Crippen LogP contribution in [-0.2, 0) is 4.79 Å². The van der Waals surface area contributed by atoms with Crippen molar-refractivity contribution in [2.45, 2.75) is 45.4 Å². The van der Waals surface area contributed by atoms with Gasteiger partial charge in [-0.15, -0.1) is 0 Å². The highest BCUT2D eigenvalue weighted by Crippen LogP contribution is 2.60. The molecule has 3 nitrogen and oxygen atoms in total. The van der Waals surface area contributed by atoms with Crippen molar-refractivity contribution >= 4 is 11.8 Å². The summed E-state index contributed by atoms with van der Waals surface area (Å²) in [6.07, 6.45) is 7.01. The van der Waals surface area contributed by atoms with Crippen molar-refractivity contribution in [2.75, 3.05) is 0 Å². The van der Waals surface area contributed by atoms with Crippen molar-refractivity contribution in [1.82, 2.24) is 0 Å². The lowest BCUT2D eigenvalue weighted by Crippen LogP contribution is -2.51. The fourth-order valence-corrected chi connectivity index (χ4v) is 5.33. The van der Waals surface area contributed by atoms with Gasteiger partial charge in [0, 0.05) is 5.56 Å². The van der Waals surface area contributed by atoms with Crippen LogP contribution in [0.5, 0.6) is 5.75 Å². The highest BCUT2D eigenvalue weighted by atomic mass is 16.5. The molecule has 1 aromatic rings. The molecule has 0 radical (unpaired) electrons. The standard InChI is InChI=1S/C19H22O3/c1-12(20)16-2-4-17(5-3-16)22-18(21)19-9-13-6-14(10-19)8-15(7-13)11-19/h2-5,13-15H,6-11H2,1H3. The summed E-state index contributed by atoms with van der Waals surface area (Å²) in [7, 11) is 0. The zero-order chi connectivity index (χ0) is 15.3. The molecule has 0 aliphatic heterocycles. The Labute approximate surface area is 131 Å². The van der Waals surface area contributed by atoms with E-state index in [0.717, 1.165) is 37.0 Å². The molecule has 0 atom stereocenters. The number of Topliss-reactive ketones (excluding diaryl/α,β-unsaturated/α-hetero) is 1. The molecule has 4 aliphatic carbocycles. The summed E-state index contributed by atoms with van der Waals surface area (Å²) in [6.45, 7) is 1.54. The molecule has 0 aromatic heterocycles. The van der Waals surface area contributed by atoms with Crippen LogP contribution in [0.4, 0.5) is 0 Å². The number of ether oxygens (including phenoxy) is 1. The summed E-state index contributed by atoms with van der Waals surface area (Å²) < 4.78 is 5.68. The van der Waals surface area contributed by atoms with Crippen molar-refractivity contribution in [2.24, 2.45) is 23.2 Å². The van der Waals surface area contributed by atoms with E-state index in [4.69, 9.17) is 4.74 Å². The summed E-state index contributed by atoms with van der Waals surface area (Å²) in [5, 5.41) is 0. The number of carbonyl (C=O) groups excluding carboxylic acids is 2. The van der Waals surface area contributed by atoms with Crippen molar-refractivity contribution < 1.29 is 14.3 Å². The van der Waals surface area contributed by atoms with E-state index in [1.54, 1.807) is 24.3 Å². The van der Waals surface area contributed by atoms with Crippen molar-refractivity contribution in [3.05, 3.63) is 29.8 Å². The number of hydrogen-bond donors (Lipinski definition) is 0. The minimum Gasteiger partial charge on any atom is -0.426 e. The Balaban J connectivity index is 1.51. The smallest absolute Gasteiger partial charge is 0.317 e. The van der Waals surface area contributed by atoms with Crippen molar-refractivity contribution in [3.63, 3.8) is 0 Å². The molecule has 0 saturated heterocycles. The highest BCUT2D eigenvalue weighted by molar-refractivity contribution is 5.94. The maximum absolute atomic E-state index is 12.8. The number of hydrogen-bond acceptors (Lipinski definition) is 3. The van der Waals surface area contributed by atoms with Gasteiger partial charge in [0.1, 0.15) is 5.75 Å². The number of ketones is 1. The zero-order valence-electron chi connectivity index (χ0n) is 13.0. The third-order valence-electron chi connectivity index (χ3n) is 5.94.